The van der Waals surface area contributed by atoms with Crippen LogP contribution in [0, 0.1) is 5.92 Å². The molecule has 1 aromatic rings. The Morgan fingerprint density at radius 2 is 1.55 bits per heavy atom. The maximum Gasteiger partial charge on any atom is 0.254 e. The van der Waals surface area contributed by atoms with Gasteiger partial charge in [-0.3, -0.25) is 9.59 Å². The van der Waals surface area contributed by atoms with Gasteiger partial charge in [-0.25, -0.2) is 13.1 Å². The molecule has 1 heterocycles. The molecule has 1 aromatic carbocycles. The van der Waals surface area contributed by atoms with Crippen molar-refractivity contribution in [2.45, 2.75) is 55.9 Å². The fourth-order valence-electron chi connectivity index (χ4n) is 4.35. The van der Waals surface area contributed by atoms with Crippen molar-refractivity contribution in [3.63, 3.8) is 0 Å². The maximum atomic E-state index is 12.9. The number of carbonyl (C=O) groups excluding carboxylic acids is 2. The summed E-state index contributed by atoms with van der Waals surface area (Å²) in [6.07, 6.45) is 6.90. The van der Waals surface area contributed by atoms with E-state index in [9.17, 15) is 18.0 Å². The fraction of sp³-hybridized carbons (Fsp3) is 0.619. The van der Waals surface area contributed by atoms with Gasteiger partial charge in [0.25, 0.3) is 5.91 Å². The zero-order valence-electron chi connectivity index (χ0n) is 16.7. The van der Waals surface area contributed by atoms with E-state index >= 15 is 0 Å². The summed E-state index contributed by atoms with van der Waals surface area (Å²) in [7, 11) is -3.63. The van der Waals surface area contributed by atoms with Crippen LogP contribution in [-0.4, -0.2) is 62.3 Å². The van der Waals surface area contributed by atoms with Crippen LogP contribution in [0.3, 0.4) is 0 Å². The van der Waals surface area contributed by atoms with E-state index in [4.69, 9.17) is 0 Å². The highest BCUT2D eigenvalue weighted by Gasteiger charge is 2.32. The lowest BCUT2D eigenvalue weighted by atomic mass is 9.84. The van der Waals surface area contributed by atoms with E-state index < -0.39 is 10.0 Å². The first-order chi connectivity index (χ1) is 13.9. The molecule has 158 valence electrons. The van der Waals surface area contributed by atoms with Crippen LogP contribution in [0.1, 0.15) is 55.3 Å². The predicted octanol–water partition coefficient (Wildman–Crippen LogP) is 1.99. The van der Waals surface area contributed by atoms with Gasteiger partial charge in [0.2, 0.25) is 15.9 Å². The highest BCUT2D eigenvalue weighted by molar-refractivity contribution is 7.89. The average molecular weight is 420 g/mol. The number of nitrogens with zero attached hydrogens (tertiary/aromatic N) is 2. The number of nitrogens with one attached hydrogen (secondary N) is 1. The first kappa shape index (κ1) is 20.3. The summed E-state index contributed by atoms with van der Waals surface area (Å²) in [5.74, 6) is 0.208. The third-order valence-electron chi connectivity index (χ3n) is 6.40. The number of piperazine rings is 1. The van der Waals surface area contributed by atoms with Crippen LogP contribution >= 0.6 is 0 Å². The summed E-state index contributed by atoms with van der Waals surface area (Å²) in [5.41, 5.74) is 0.373. The fourth-order valence-corrected chi connectivity index (χ4v) is 5.70. The third-order valence-corrected chi connectivity index (χ3v) is 7.92. The van der Waals surface area contributed by atoms with Gasteiger partial charge >= 0.3 is 0 Å². The van der Waals surface area contributed by atoms with Crippen molar-refractivity contribution >= 4 is 21.8 Å². The van der Waals surface area contributed by atoms with Gasteiger partial charge in [-0.05, 0) is 43.9 Å². The maximum absolute atomic E-state index is 12.9. The van der Waals surface area contributed by atoms with E-state index in [2.05, 4.69) is 4.72 Å². The Bertz CT molecular complexity index is 868. The Kier molecular flexibility index (Phi) is 5.92. The van der Waals surface area contributed by atoms with Crippen molar-refractivity contribution in [3.05, 3.63) is 29.8 Å². The van der Waals surface area contributed by atoms with Gasteiger partial charge in [-0.1, -0.05) is 25.3 Å². The van der Waals surface area contributed by atoms with Crippen molar-refractivity contribution in [1.82, 2.24) is 14.5 Å². The topological polar surface area (TPSA) is 86.8 Å². The zero-order chi connectivity index (χ0) is 20.4. The molecule has 0 spiro atoms. The summed E-state index contributed by atoms with van der Waals surface area (Å²) in [4.78, 5) is 29.0. The first-order valence-corrected chi connectivity index (χ1v) is 12.1. The molecular formula is C21H29N3O4S. The van der Waals surface area contributed by atoms with Crippen molar-refractivity contribution in [3.8, 4) is 0 Å². The molecule has 0 unspecified atom stereocenters. The van der Waals surface area contributed by atoms with Gasteiger partial charge in [0.05, 0.1) is 4.90 Å². The normalized spacial score (nSPS) is 21.2. The minimum absolute atomic E-state index is 0.0133. The molecule has 3 aliphatic rings. The molecule has 1 saturated heterocycles. The molecule has 4 rings (SSSR count). The zero-order valence-corrected chi connectivity index (χ0v) is 17.5. The van der Waals surface area contributed by atoms with Crippen molar-refractivity contribution in [1.29, 1.82) is 0 Å². The molecule has 7 nitrogen and oxygen atoms in total. The van der Waals surface area contributed by atoms with Crippen LogP contribution in [0.15, 0.2) is 29.2 Å². The molecule has 8 heteroatoms. The van der Waals surface area contributed by atoms with E-state index in [1.165, 1.54) is 12.1 Å². The van der Waals surface area contributed by atoms with Crippen molar-refractivity contribution in [2.24, 2.45) is 5.92 Å². The van der Waals surface area contributed by atoms with E-state index in [-0.39, 0.29) is 28.7 Å². The Morgan fingerprint density at radius 3 is 2.17 bits per heavy atom. The second kappa shape index (κ2) is 8.44. The highest BCUT2D eigenvalue weighted by atomic mass is 32.2. The van der Waals surface area contributed by atoms with E-state index in [1.807, 2.05) is 4.90 Å². The number of benzene rings is 1. The number of hydrogen-bond acceptors (Lipinski definition) is 4. The summed E-state index contributed by atoms with van der Waals surface area (Å²) >= 11 is 0. The SMILES string of the molecule is O=C(c1cccc(S(=O)(=O)NC2CCCC2)c1)N1CCN(C(=O)C2CCC2)CC1. The second-order valence-electron chi connectivity index (χ2n) is 8.38. The number of hydrogen-bond donors (Lipinski definition) is 1. The molecule has 2 aliphatic carbocycles. The third kappa shape index (κ3) is 4.48. The van der Waals surface area contributed by atoms with Crippen LogP contribution in [0.2, 0.25) is 0 Å². The van der Waals surface area contributed by atoms with Gasteiger partial charge < -0.3 is 9.80 Å². The Morgan fingerprint density at radius 1 is 0.897 bits per heavy atom. The van der Waals surface area contributed by atoms with Gasteiger partial charge in [-0.15, -0.1) is 0 Å². The molecule has 1 N–H and O–H groups in total. The molecule has 0 bridgehead atoms. The van der Waals surface area contributed by atoms with Crippen LogP contribution in [0.4, 0.5) is 0 Å². The molecule has 2 amide bonds. The Labute approximate surface area is 172 Å². The number of carbonyl (C=O) groups is 2. The lowest BCUT2D eigenvalue weighted by Gasteiger charge is -2.38. The lowest BCUT2D eigenvalue weighted by molar-refractivity contribution is -0.139. The summed E-state index contributed by atoms with van der Waals surface area (Å²) in [5, 5.41) is 0. The summed E-state index contributed by atoms with van der Waals surface area (Å²) in [6.45, 7) is 2.05. The number of amides is 2. The standard InChI is InChI=1S/C21H29N3O4S/c25-20(16-5-3-6-16)23-11-13-24(14-12-23)21(26)17-7-4-10-19(15-17)29(27,28)22-18-8-1-2-9-18/h4,7,10,15-16,18,22H,1-3,5-6,8-9,11-14H2. The number of sulfonamides is 1. The molecule has 0 aromatic heterocycles. The van der Waals surface area contributed by atoms with Crippen LogP contribution in [0.5, 0.6) is 0 Å². The summed E-state index contributed by atoms with van der Waals surface area (Å²) < 4.78 is 28.1. The quantitative estimate of drug-likeness (QED) is 0.791. The number of rotatable bonds is 5. The average Bonchev–Trinajstić information content (AvgIpc) is 3.18. The highest BCUT2D eigenvalue weighted by Crippen LogP contribution is 2.28. The second-order valence-corrected chi connectivity index (χ2v) is 10.1. The van der Waals surface area contributed by atoms with Gasteiger partial charge in [0.1, 0.15) is 0 Å². The smallest absolute Gasteiger partial charge is 0.254 e. The van der Waals surface area contributed by atoms with Gasteiger partial charge in [0, 0.05) is 43.7 Å². The molecule has 2 saturated carbocycles. The molecule has 0 atom stereocenters. The van der Waals surface area contributed by atoms with Crippen molar-refractivity contribution in [2.75, 3.05) is 26.2 Å². The molecule has 1 aliphatic heterocycles. The molecule has 29 heavy (non-hydrogen) atoms. The first-order valence-electron chi connectivity index (χ1n) is 10.6. The minimum Gasteiger partial charge on any atom is -0.339 e. The molecule has 3 fully saturated rings. The van der Waals surface area contributed by atoms with E-state index in [0.717, 1.165) is 44.9 Å². The largest absolute Gasteiger partial charge is 0.339 e. The monoisotopic (exact) mass is 419 g/mol. The van der Waals surface area contributed by atoms with Crippen molar-refractivity contribution < 1.29 is 18.0 Å². The Hall–Kier alpha value is -1.93. The van der Waals surface area contributed by atoms with Crippen LogP contribution < -0.4 is 4.72 Å². The van der Waals surface area contributed by atoms with Gasteiger partial charge in [0.15, 0.2) is 0 Å². The Balaban J connectivity index is 1.39. The van der Waals surface area contributed by atoms with Crippen LogP contribution in [0.25, 0.3) is 0 Å². The van der Waals surface area contributed by atoms with Gasteiger partial charge in [-0.2, -0.15) is 0 Å². The molecule has 0 radical (unpaired) electrons. The minimum atomic E-state index is -3.63. The van der Waals surface area contributed by atoms with Crippen LogP contribution in [-0.2, 0) is 14.8 Å². The van der Waals surface area contributed by atoms with E-state index in [0.29, 0.717) is 31.7 Å². The predicted molar refractivity (Wildman–Crippen MR) is 109 cm³/mol. The summed E-state index contributed by atoms with van der Waals surface area (Å²) in [6, 6.07) is 6.25. The van der Waals surface area contributed by atoms with E-state index in [1.54, 1.807) is 17.0 Å². The molecular weight excluding hydrogens is 390 g/mol. The lowest BCUT2D eigenvalue weighted by Crippen LogP contribution is -2.52.